The van der Waals surface area contributed by atoms with Crippen LogP contribution < -0.4 is 5.73 Å². The van der Waals surface area contributed by atoms with Crippen molar-refractivity contribution in [3.63, 3.8) is 0 Å². The highest BCUT2D eigenvalue weighted by Gasteiger charge is 2.18. The van der Waals surface area contributed by atoms with Gasteiger partial charge < -0.3 is 5.73 Å². The minimum atomic E-state index is 0. The summed E-state index contributed by atoms with van der Waals surface area (Å²) < 4.78 is 0. The van der Waals surface area contributed by atoms with Gasteiger partial charge in [0.2, 0.25) is 0 Å². The Bertz CT molecular complexity index is 312. The summed E-state index contributed by atoms with van der Waals surface area (Å²) in [6, 6.07) is 6.19. The van der Waals surface area contributed by atoms with Crippen LogP contribution in [0.25, 0.3) is 0 Å². The molecule has 14 heavy (non-hydrogen) atoms. The fraction of sp³-hybridized carbons (Fsp3) is 0.455. The third-order valence-corrected chi connectivity index (χ3v) is 3.07. The van der Waals surface area contributed by atoms with Crippen molar-refractivity contribution in [3.8, 4) is 0 Å². The Morgan fingerprint density at radius 3 is 2.93 bits per heavy atom. The van der Waals surface area contributed by atoms with E-state index >= 15 is 0 Å². The molecule has 0 saturated heterocycles. The Morgan fingerprint density at radius 1 is 1.43 bits per heavy atom. The number of hydrogen-bond acceptors (Lipinski definition) is 1. The van der Waals surface area contributed by atoms with Gasteiger partial charge in [-0.05, 0) is 55.0 Å². The molecule has 0 saturated carbocycles. The lowest BCUT2D eigenvalue weighted by molar-refractivity contribution is 0.561. The van der Waals surface area contributed by atoms with Crippen molar-refractivity contribution >= 4 is 24.0 Å². The highest BCUT2D eigenvalue weighted by Crippen LogP contribution is 2.32. The van der Waals surface area contributed by atoms with Gasteiger partial charge in [0.25, 0.3) is 0 Å². The molecule has 2 N–H and O–H groups in total. The van der Waals surface area contributed by atoms with Gasteiger partial charge in [-0.1, -0.05) is 17.7 Å². The second kappa shape index (κ2) is 5.01. The Hall–Kier alpha value is -0.240. The monoisotopic (exact) mass is 231 g/mol. The molecule has 1 aromatic carbocycles. The lowest BCUT2D eigenvalue weighted by atomic mass is 9.83. The Kier molecular flexibility index (Phi) is 4.24. The van der Waals surface area contributed by atoms with Crippen LogP contribution in [0.1, 0.15) is 29.9 Å². The highest BCUT2D eigenvalue weighted by molar-refractivity contribution is 6.30. The molecule has 1 aliphatic rings. The van der Waals surface area contributed by atoms with E-state index in [4.69, 9.17) is 17.3 Å². The summed E-state index contributed by atoms with van der Waals surface area (Å²) in [6.45, 7) is 0.743. The van der Waals surface area contributed by atoms with Crippen LogP contribution in [-0.4, -0.2) is 6.54 Å². The molecule has 78 valence electrons. The predicted octanol–water partition coefficient (Wildman–Crippen LogP) is 3.14. The summed E-state index contributed by atoms with van der Waals surface area (Å²) in [4.78, 5) is 0. The van der Waals surface area contributed by atoms with Gasteiger partial charge >= 0.3 is 0 Å². The molecule has 0 radical (unpaired) electrons. The van der Waals surface area contributed by atoms with E-state index < -0.39 is 0 Å². The second-order valence-electron chi connectivity index (χ2n) is 3.67. The molecule has 0 bridgehead atoms. The first kappa shape index (κ1) is 11.8. The number of nitrogens with two attached hydrogens (primary N) is 1. The van der Waals surface area contributed by atoms with Crippen LogP contribution in [0.2, 0.25) is 5.02 Å². The summed E-state index contributed by atoms with van der Waals surface area (Å²) in [7, 11) is 0. The van der Waals surface area contributed by atoms with Crippen LogP contribution in [0.3, 0.4) is 0 Å². The fourth-order valence-corrected chi connectivity index (χ4v) is 2.29. The number of benzene rings is 1. The smallest absolute Gasteiger partial charge is 0.0409 e. The van der Waals surface area contributed by atoms with Crippen molar-refractivity contribution in [2.24, 2.45) is 5.73 Å². The lowest BCUT2D eigenvalue weighted by Crippen LogP contribution is -2.18. The molecule has 1 aliphatic carbocycles. The zero-order valence-corrected chi connectivity index (χ0v) is 9.57. The van der Waals surface area contributed by atoms with Gasteiger partial charge in [0.15, 0.2) is 0 Å². The Morgan fingerprint density at radius 2 is 2.21 bits per heavy atom. The lowest BCUT2D eigenvalue weighted by Gasteiger charge is -2.24. The van der Waals surface area contributed by atoms with Gasteiger partial charge in [-0.25, -0.2) is 0 Å². The zero-order chi connectivity index (χ0) is 9.26. The van der Waals surface area contributed by atoms with Crippen molar-refractivity contribution in [2.75, 3.05) is 6.54 Å². The molecule has 1 aromatic rings. The predicted molar refractivity (Wildman–Crippen MR) is 63.4 cm³/mol. The number of hydrogen-bond donors (Lipinski definition) is 1. The molecular weight excluding hydrogens is 217 g/mol. The van der Waals surface area contributed by atoms with Crippen LogP contribution in [0.15, 0.2) is 18.2 Å². The van der Waals surface area contributed by atoms with Crippen molar-refractivity contribution in [1.82, 2.24) is 0 Å². The first-order valence-electron chi connectivity index (χ1n) is 4.79. The number of aryl methyl sites for hydroxylation is 1. The van der Waals surface area contributed by atoms with E-state index in [2.05, 4.69) is 12.1 Å². The molecule has 0 amide bonds. The van der Waals surface area contributed by atoms with Crippen LogP contribution in [0, 0.1) is 0 Å². The van der Waals surface area contributed by atoms with E-state index in [0.717, 1.165) is 11.6 Å². The van der Waals surface area contributed by atoms with Gasteiger partial charge in [0.1, 0.15) is 0 Å². The summed E-state index contributed by atoms with van der Waals surface area (Å²) in [6.07, 6.45) is 3.66. The summed E-state index contributed by atoms with van der Waals surface area (Å²) in [5, 5.41) is 0.833. The van der Waals surface area contributed by atoms with Crippen LogP contribution >= 0.6 is 24.0 Å². The van der Waals surface area contributed by atoms with E-state index in [1.165, 1.54) is 30.4 Å². The minimum absolute atomic E-state index is 0. The van der Waals surface area contributed by atoms with E-state index in [1.807, 2.05) is 6.07 Å². The molecule has 1 unspecified atom stereocenters. The van der Waals surface area contributed by atoms with E-state index in [-0.39, 0.29) is 12.4 Å². The summed E-state index contributed by atoms with van der Waals surface area (Å²) in [5.74, 6) is 0.530. The number of halogens is 2. The molecule has 1 atom stereocenters. The minimum Gasteiger partial charge on any atom is -0.330 e. The number of fused-ring (bicyclic) bond motifs is 1. The van der Waals surface area contributed by atoms with Gasteiger partial charge in [-0.2, -0.15) is 0 Å². The first-order chi connectivity index (χ1) is 6.31. The maximum Gasteiger partial charge on any atom is 0.0409 e. The SMILES string of the molecule is Cl.NCC1CCCc2ccc(Cl)cc21. The van der Waals surface area contributed by atoms with Gasteiger partial charge in [-0.15, -0.1) is 12.4 Å². The maximum absolute atomic E-state index is 5.96. The molecule has 0 fully saturated rings. The molecular formula is C11H15Cl2N. The van der Waals surface area contributed by atoms with Crippen LogP contribution in [-0.2, 0) is 6.42 Å². The first-order valence-corrected chi connectivity index (χ1v) is 5.17. The summed E-state index contributed by atoms with van der Waals surface area (Å²) in [5.41, 5.74) is 8.54. The highest BCUT2D eigenvalue weighted by atomic mass is 35.5. The van der Waals surface area contributed by atoms with Crippen molar-refractivity contribution in [3.05, 3.63) is 34.3 Å². The zero-order valence-electron chi connectivity index (χ0n) is 8.00. The molecule has 0 aromatic heterocycles. The number of rotatable bonds is 1. The van der Waals surface area contributed by atoms with Crippen molar-refractivity contribution in [1.29, 1.82) is 0 Å². The second-order valence-corrected chi connectivity index (χ2v) is 4.10. The van der Waals surface area contributed by atoms with Crippen molar-refractivity contribution in [2.45, 2.75) is 25.2 Å². The average Bonchev–Trinajstić information content (AvgIpc) is 2.17. The summed E-state index contributed by atoms with van der Waals surface area (Å²) >= 11 is 5.96. The maximum atomic E-state index is 5.96. The standard InChI is InChI=1S/C11H14ClN.ClH/c12-10-5-4-8-2-1-3-9(7-13)11(8)6-10;/h4-6,9H,1-3,7,13H2;1H. The quantitative estimate of drug-likeness (QED) is 0.790. The van der Waals surface area contributed by atoms with Gasteiger partial charge in [0, 0.05) is 5.02 Å². The van der Waals surface area contributed by atoms with E-state index in [9.17, 15) is 0 Å². The molecule has 0 heterocycles. The Balaban J connectivity index is 0.000000980. The molecule has 0 aliphatic heterocycles. The third-order valence-electron chi connectivity index (χ3n) is 2.83. The van der Waals surface area contributed by atoms with Crippen molar-refractivity contribution < 1.29 is 0 Å². The van der Waals surface area contributed by atoms with E-state index in [1.54, 1.807) is 0 Å². The van der Waals surface area contributed by atoms with E-state index in [0.29, 0.717) is 5.92 Å². The van der Waals surface area contributed by atoms with Gasteiger partial charge in [-0.3, -0.25) is 0 Å². The molecule has 3 heteroatoms. The molecule has 2 rings (SSSR count). The Labute approximate surface area is 96.0 Å². The largest absolute Gasteiger partial charge is 0.330 e. The van der Waals surface area contributed by atoms with Crippen LogP contribution in [0.5, 0.6) is 0 Å². The molecule has 1 nitrogen and oxygen atoms in total. The van der Waals surface area contributed by atoms with Gasteiger partial charge in [0.05, 0.1) is 0 Å². The molecule has 0 spiro atoms. The average molecular weight is 232 g/mol. The normalized spacial score (nSPS) is 19.7. The third kappa shape index (κ3) is 2.22. The fourth-order valence-electron chi connectivity index (χ4n) is 2.11. The topological polar surface area (TPSA) is 26.0 Å². The van der Waals surface area contributed by atoms with Crippen LogP contribution in [0.4, 0.5) is 0 Å².